The van der Waals surface area contributed by atoms with Crippen LogP contribution in [-0.4, -0.2) is 50.6 Å². The number of nitrogens with one attached hydrogen (secondary N) is 1. The molecular weight excluding hydrogens is 258 g/mol. The molecule has 1 rings (SSSR count). The number of nitrogens with zero attached hydrogens (tertiary/aromatic N) is 1. The van der Waals surface area contributed by atoms with Gasteiger partial charge in [-0.3, -0.25) is 9.59 Å². The number of methoxy groups -OCH3 is 1. The summed E-state index contributed by atoms with van der Waals surface area (Å²) in [4.78, 5) is 25.2. The summed E-state index contributed by atoms with van der Waals surface area (Å²) in [7, 11) is 3.15. The number of carbonyl (C=O) groups excluding carboxylic acids is 2. The van der Waals surface area contributed by atoms with E-state index in [1.165, 1.54) is 4.90 Å². The van der Waals surface area contributed by atoms with Crippen LogP contribution in [0, 0.1) is 6.92 Å². The molecular formula is C14H21N3O3. The van der Waals surface area contributed by atoms with Gasteiger partial charge in [0.15, 0.2) is 0 Å². The van der Waals surface area contributed by atoms with Crippen molar-refractivity contribution in [1.82, 2.24) is 10.2 Å². The van der Waals surface area contributed by atoms with Crippen LogP contribution in [0.25, 0.3) is 0 Å². The van der Waals surface area contributed by atoms with Crippen molar-refractivity contribution in [2.75, 3.05) is 39.6 Å². The highest BCUT2D eigenvalue weighted by atomic mass is 16.5. The molecule has 0 aliphatic heterocycles. The molecule has 6 nitrogen and oxygen atoms in total. The molecule has 0 aliphatic rings. The zero-order valence-electron chi connectivity index (χ0n) is 12.1. The maximum Gasteiger partial charge on any atom is 0.254 e. The fourth-order valence-electron chi connectivity index (χ4n) is 1.77. The summed E-state index contributed by atoms with van der Waals surface area (Å²) in [6.07, 6.45) is 0. The molecule has 3 N–H and O–H groups in total. The largest absolute Gasteiger partial charge is 0.399 e. The van der Waals surface area contributed by atoms with Crippen LogP contribution in [0.1, 0.15) is 15.9 Å². The van der Waals surface area contributed by atoms with Gasteiger partial charge in [-0.2, -0.15) is 0 Å². The lowest BCUT2D eigenvalue weighted by Gasteiger charge is -2.18. The topological polar surface area (TPSA) is 84.7 Å². The van der Waals surface area contributed by atoms with Crippen LogP contribution in [0.2, 0.25) is 0 Å². The lowest BCUT2D eigenvalue weighted by atomic mass is 10.1. The SMILES string of the molecule is COCCNC(=O)CN(C)C(=O)c1ccc(N)cc1C. The fraction of sp³-hybridized carbons (Fsp3) is 0.429. The molecule has 0 heterocycles. The standard InChI is InChI=1S/C14H21N3O3/c1-10-8-11(15)4-5-12(10)14(19)17(2)9-13(18)16-6-7-20-3/h4-5,8H,6-7,9,15H2,1-3H3,(H,16,18). The van der Waals surface area contributed by atoms with Gasteiger partial charge in [-0.25, -0.2) is 0 Å². The van der Waals surface area contributed by atoms with E-state index in [1.54, 1.807) is 32.4 Å². The molecule has 0 atom stereocenters. The Bertz CT molecular complexity index is 489. The van der Waals surface area contributed by atoms with E-state index in [2.05, 4.69) is 5.32 Å². The monoisotopic (exact) mass is 279 g/mol. The zero-order valence-corrected chi connectivity index (χ0v) is 12.1. The summed E-state index contributed by atoms with van der Waals surface area (Å²) in [5.41, 5.74) is 7.60. The number of anilines is 1. The molecule has 0 aliphatic carbocycles. The van der Waals surface area contributed by atoms with Crippen molar-refractivity contribution in [1.29, 1.82) is 0 Å². The van der Waals surface area contributed by atoms with E-state index in [9.17, 15) is 9.59 Å². The Morgan fingerprint density at radius 3 is 2.70 bits per heavy atom. The van der Waals surface area contributed by atoms with Crippen molar-refractivity contribution in [2.24, 2.45) is 0 Å². The number of hydrogen-bond acceptors (Lipinski definition) is 4. The first kappa shape index (κ1) is 16.0. The van der Waals surface area contributed by atoms with Gasteiger partial charge >= 0.3 is 0 Å². The predicted octanol–water partition coefficient (Wildman–Crippen LogP) is 0.412. The van der Waals surface area contributed by atoms with Gasteiger partial charge in [0.1, 0.15) is 0 Å². The molecule has 0 spiro atoms. The molecule has 0 bridgehead atoms. The summed E-state index contributed by atoms with van der Waals surface area (Å²) < 4.78 is 4.83. The third-order valence-electron chi connectivity index (χ3n) is 2.84. The van der Waals surface area contributed by atoms with Crippen molar-refractivity contribution in [3.8, 4) is 0 Å². The van der Waals surface area contributed by atoms with Crippen LogP contribution in [0.15, 0.2) is 18.2 Å². The van der Waals surface area contributed by atoms with Crippen LogP contribution in [0.3, 0.4) is 0 Å². The van der Waals surface area contributed by atoms with Gasteiger partial charge < -0.3 is 20.7 Å². The second kappa shape index (κ2) is 7.49. The zero-order chi connectivity index (χ0) is 15.1. The Morgan fingerprint density at radius 1 is 1.40 bits per heavy atom. The fourth-order valence-corrected chi connectivity index (χ4v) is 1.77. The van der Waals surface area contributed by atoms with E-state index in [1.807, 2.05) is 6.92 Å². The summed E-state index contributed by atoms with van der Waals surface area (Å²) in [5, 5.41) is 2.67. The third-order valence-corrected chi connectivity index (χ3v) is 2.84. The van der Waals surface area contributed by atoms with Crippen LogP contribution in [0.4, 0.5) is 5.69 Å². The van der Waals surface area contributed by atoms with Crippen molar-refractivity contribution in [3.63, 3.8) is 0 Å². The van der Waals surface area contributed by atoms with E-state index >= 15 is 0 Å². The van der Waals surface area contributed by atoms with E-state index in [-0.39, 0.29) is 18.4 Å². The molecule has 20 heavy (non-hydrogen) atoms. The molecule has 0 unspecified atom stereocenters. The molecule has 1 aromatic carbocycles. The molecule has 1 aromatic rings. The molecule has 110 valence electrons. The highest BCUT2D eigenvalue weighted by molar-refractivity contribution is 5.97. The van der Waals surface area contributed by atoms with Crippen LogP contribution in [0.5, 0.6) is 0 Å². The highest BCUT2D eigenvalue weighted by Crippen LogP contribution is 2.14. The second-order valence-electron chi connectivity index (χ2n) is 4.58. The van der Waals surface area contributed by atoms with Crippen LogP contribution < -0.4 is 11.1 Å². The average molecular weight is 279 g/mol. The number of nitrogen functional groups attached to an aromatic ring is 1. The van der Waals surface area contributed by atoms with Gasteiger partial charge in [0.25, 0.3) is 5.91 Å². The minimum Gasteiger partial charge on any atom is -0.399 e. The van der Waals surface area contributed by atoms with Gasteiger partial charge in [-0.05, 0) is 30.7 Å². The van der Waals surface area contributed by atoms with Gasteiger partial charge in [-0.1, -0.05) is 0 Å². The normalized spacial score (nSPS) is 10.2. The lowest BCUT2D eigenvalue weighted by molar-refractivity contribution is -0.121. The first-order valence-corrected chi connectivity index (χ1v) is 6.33. The van der Waals surface area contributed by atoms with E-state index in [0.29, 0.717) is 24.4 Å². The van der Waals surface area contributed by atoms with Crippen LogP contribution in [-0.2, 0) is 9.53 Å². The smallest absolute Gasteiger partial charge is 0.254 e. The number of carbonyl (C=O) groups is 2. The Morgan fingerprint density at radius 2 is 2.10 bits per heavy atom. The minimum absolute atomic E-state index is 0.00631. The first-order valence-electron chi connectivity index (χ1n) is 6.33. The molecule has 2 amide bonds. The minimum atomic E-state index is -0.217. The first-order chi connectivity index (χ1) is 9.45. The number of aryl methyl sites for hydroxylation is 1. The third kappa shape index (κ3) is 4.55. The van der Waals surface area contributed by atoms with Crippen LogP contribution >= 0.6 is 0 Å². The number of nitrogens with two attached hydrogens (primary N) is 1. The highest BCUT2D eigenvalue weighted by Gasteiger charge is 2.16. The number of likely N-dealkylation sites (N-methyl/N-ethyl adjacent to an activating group) is 1. The summed E-state index contributed by atoms with van der Waals surface area (Å²) in [5.74, 6) is -0.421. The van der Waals surface area contributed by atoms with E-state index < -0.39 is 0 Å². The Labute approximate surface area is 118 Å². The van der Waals surface area contributed by atoms with Gasteiger partial charge in [0.2, 0.25) is 5.91 Å². The summed E-state index contributed by atoms with van der Waals surface area (Å²) in [6, 6.07) is 5.08. The van der Waals surface area contributed by atoms with Gasteiger partial charge in [-0.15, -0.1) is 0 Å². The van der Waals surface area contributed by atoms with Gasteiger partial charge in [0, 0.05) is 32.0 Å². The van der Waals surface area contributed by atoms with Crippen molar-refractivity contribution < 1.29 is 14.3 Å². The lowest BCUT2D eigenvalue weighted by Crippen LogP contribution is -2.39. The summed E-state index contributed by atoms with van der Waals surface area (Å²) in [6.45, 7) is 2.70. The van der Waals surface area contributed by atoms with E-state index in [4.69, 9.17) is 10.5 Å². The number of hydrogen-bond donors (Lipinski definition) is 2. The van der Waals surface area contributed by atoms with Crippen molar-refractivity contribution in [3.05, 3.63) is 29.3 Å². The molecule has 0 fully saturated rings. The maximum atomic E-state index is 12.2. The molecule has 6 heteroatoms. The number of rotatable bonds is 6. The number of amides is 2. The van der Waals surface area contributed by atoms with E-state index in [0.717, 1.165) is 5.56 Å². The predicted molar refractivity (Wildman–Crippen MR) is 77.4 cm³/mol. The van der Waals surface area contributed by atoms with Gasteiger partial charge in [0.05, 0.1) is 13.2 Å². The second-order valence-corrected chi connectivity index (χ2v) is 4.58. The summed E-state index contributed by atoms with van der Waals surface area (Å²) >= 11 is 0. The molecule has 0 radical (unpaired) electrons. The number of ether oxygens (including phenoxy) is 1. The maximum absolute atomic E-state index is 12.2. The Balaban J connectivity index is 2.60. The molecule has 0 saturated heterocycles. The average Bonchev–Trinajstić information content (AvgIpc) is 2.38. The van der Waals surface area contributed by atoms with Crippen molar-refractivity contribution in [2.45, 2.75) is 6.92 Å². The number of benzene rings is 1. The Kier molecular flexibility index (Phi) is 5.99. The quantitative estimate of drug-likeness (QED) is 0.583. The molecule has 0 saturated carbocycles. The van der Waals surface area contributed by atoms with Crippen molar-refractivity contribution >= 4 is 17.5 Å². The Hall–Kier alpha value is -2.08. The molecule has 0 aromatic heterocycles.